The van der Waals surface area contributed by atoms with E-state index in [0.29, 0.717) is 27.2 Å². The molecule has 13 nitrogen and oxygen atoms in total. The van der Waals surface area contributed by atoms with Crippen LogP contribution in [0.2, 0.25) is 0 Å². The molecule has 2 aromatic rings. The first-order valence-corrected chi connectivity index (χ1v) is 12.6. The van der Waals surface area contributed by atoms with Crippen LogP contribution in [0.4, 0.5) is 5.82 Å². The highest BCUT2D eigenvalue weighted by atomic mass is 127. The van der Waals surface area contributed by atoms with Crippen LogP contribution in [0.15, 0.2) is 6.33 Å². The molecule has 29 heavy (non-hydrogen) atoms. The summed E-state index contributed by atoms with van der Waals surface area (Å²) in [5.74, 6) is 0.375. The van der Waals surface area contributed by atoms with Crippen LogP contribution in [0, 0.1) is 15.2 Å². The van der Waals surface area contributed by atoms with Gasteiger partial charge in [0.05, 0.1) is 19.0 Å². The molecule has 0 saturated heterocycles. The standard InChI is InChI=1S/C13H18IN5O8P2/c1-15-10-9-11(18-12(14)17-10)19(5-16-9)7-2-8(27-29(23,24)25)13(3-6(7)13)4-26-28(20,21)22/h5-8H,2-4H2,1H3,(H,15,17,18)(H2,20,21,22)(H2,23,24,25)/t6?,7?,8?,13-/m0/s1. The third kappa shape index (κ3) is 4.10. The van der Waals surface area contributed by atoms with Gasteiger partial charge in [-0.1, -0.05) is 0 Å². The minimum absolute atomic E-state index is 0.173. The number of hydrogen-bond donors (Lipinski definition) is 5. The summed E-state index contributed by atoms with van der Waals surface area (Å²) in [6.07, 6.45) is 1.28. The molecule has 0 amide bonds. The molecule has 16 heteroatoms. The fraction of sp³-hybridized carbons (Fsp3) is 0.615. The predicted octanol–water partition coefficient (Wildman–Crippen LogP) is 1.01. The lowest BCUT2D eigenvalue weighted by Gasteiger charge is -2.24. The molecular weight excluding hydrogens is 543 g/mol. The molecule has 3 unspecified atom stereocenters. The predicted molar refractivity (Wildman–Crippen MR) is 107 cm³/mol. The average molecular weight is 561 g/mol. The summed E-state index contributed by atoms with van der Waals surface area (Å²) in [6.45, 7) is -0.371. The lowest BCUT2D eigenvalue weighted by molar-refractivity contribution is 0.0499. The van der Waals surface area contributed by atoms with Crippen LogP contribution in [0.3, 0.4) is 0 Å². The quantitative estimate of drug-likeness (QED) is 0.184. The normalized spacial score (nSPS) is 29.2. The highest BCUT2D eigenvalue weighted by Crippen LogP contribution is 2.71. The van der Waals surface area contributed by atoms with Gasteiger partial charge in [0.15, 0.2) is 20.8 Å². The molecule has 2 aliphatic carbocycles. The van der Waals surface area contributed by atoms with Crippen molar-refractivity contribution in [2.45, 2.75) is 25.0 Å². The number of anilines is 1. The van der Waals surface area contributed by atoms with Crippen LogP contribution in [-0.4, -0.2) is 58.9 Å². The number of aromatic nitrogens is 4. The molecule has 2 fully saturated rings. The number of phosphoric acid groups is 2. The van der Waals surface area contributed by atoms with E-state index in [1.54, 1.807) is 17.9 Å². The van der Waals surface area contributed by atoms with Crippen molar-refractivity contribution in [2.24, 2.45) is 11.3 Å². The Kier molecular flexibility index (Phi) is 5.33. The van der Waals surface area contributed by atoms with Crippen molar-refractivity contribution in [3.63, 3.8) is 0 Å². The molecule has 160 valence electrons. The fourth-order valence-electron chi connectivity index (χ4n) is 4.25. The molecule has 2 aromatic heterocycles. The van der Waals surface area contributed by atoms with Crippen molar-refractivity contribution in [3.8, 4) is 0 Å². The number of fused-ring (bicyclic) bond motifs is 2. The number of rotatable bonds is 7. The van der Waals surface area contributed by atoms with Gasteiger partial charge in [0.25, 0.3) is 0 Å². The smallest absolute Gasteiger partial charge is 0.371 e. The van der Waals surface area contributed by atoms with Crippen LogP contribution < -0.4 is 5.32 Å². The minimum atomic E-state index is -4.82. The first-order chi connectivity index (χ1) is 13.4. The number of halogens is 1. The van der Waals surface area contributed by atoms with E-state index in [0.717, 1.165) is 0 Å². The maximum Gasteiger partial charge on any atom is 0.469 e. The molecule has 0 bridgehead atoms. The lowest BCUT2D eigenvalue weighted by Crippen LogP contribution is -2.26. The van der Waals surface area contributed by atoms with Crippen molar-refractivity contribution in [1.82, 2.24) is 19.5 Å². The first-order valence-electron chi connectivity index (χ1n) is 8.45. The molecule has 2 aliphatic rings. The number of phosphoric ester groups is 2. The van der Waals surface area contributed by atoms with Gasteiger partial charge in [0.1, 0.15) is 0 Å². The zero-order chi connectivity index (χ0) is 21.2. The molecule has 0 spiro atoms. The summed E-state index contributed by atoms with van der Waals surface area (Å²) < 4.78 is 34.6. The van der Waals surface area contributed by atoms with Gasteiger partial charge in [0, 0.05) is 41.1 Å². The molecular formula is C13H18IN5O8P2. The van der Waals surface area contributed by atoms with Crippen LogP contribution in [0.5, 0.6) is 0 Å². The van der Waals surface area contributed by atoms with Crippen molar-refractivity contribution in [2.75, 3.05) is 19.0 Å². The number of hydrogen-bond acceptors (Lipinski definition) is 8. The minimum Gasteiger partial charge on any atom is -0.371 e. The molecule has 2 heterocycles. The highest BCUT2D eigenvalue weighted by molar-refractivity contribution is 14.1. The van der Waals surface area contributed by atoms with Gasteiger partial charge >= 0.3 is 15.6 Å². The van der Waals surface area contributed by atoms with Gasteiger partial charge in [-0.05, 0) is 18.8 Å². The third-order valence-corrected chi connectivity index (χ3v) is 6.97. The summed E-state index contributed by atoms with van der Waals surface area (Å²) in [5, 5.41) is 2.95. The maximum atomic E-state index is 11.5. The molecule has 4 rings (SSSR count). The largest absolute Gasteiger partial charge is 0.469 e. The summed E-state index contributed by atoms with van der Waals surface area (Å²) in [4.78, 5) is 49.8. The fourth-order valence-corrected chi connectivity index (χ4v) is 5.76. The maximum absolute atomic E-state index is 11.5. The summed E-state index contributed by atoms with van der Waals surface area (Å²) in [6, 6.07) is -0.285. The summed E-state index contributed by atoms with van der Waals surface area (Å²) >= 11 is 1.98. The van der Waals surface area contributed by atoms with E-state index in [9.17, 15) is 18.9 Å². The second-order valence-corrected chi connectivity index (χ2v) is 10.5. The van der Waals surface area contributed by atoms with E-state index < -0.39 is 27.2 Å². The Morgan fingerprint density at radius 3 is 2.66 bits per heavy atom. The van der Waals surface area contributed by atoms with Gasteiger partial charge in [-0.3, -0.25) is 9.05 Å². The Balaban J connectivity index is 1.70. The van der Waals surface area contributed by atoms with Gasteiger partial charge in [-0.25, -0.2) is 24.1 Å². The molecule has 0 radical (unpaired) electrons. The van der Waals surface area contributed by atoms with Gasteiger partial charge in [-0.15, -0.1) is 0 Å². The van der Waals surface area contributed by atoms with E-state index in [4.69, 9.17) is 14.3 Å². The molecule has 4 atom stereocenters. The van der Waals surface area contributed by atoms with E-state index in [-0.39, 0.29) is 25.0 Å². The van der Waals surface area contributed by atoms with Crippen LogP contribution in [0.25, 0.3) is 11.2 Å². The average Bonchev–Trinajstić information content (AvgIpc) is 3.07. The topological polar surface area (TPSA) is 189 Å². The van der Waals surface area contributed by atoms with E-state index in [2.05, 4.69) is 24.8 Å². The van der Waals surface area contributed by atoms with E-state index >= 15 is 0 Å². The Labute approximate surface area is 177 Å². The van der Waals surface area contributed by atoms with Crippen molar-refractivity contribution in [1.29, 1.82) is 0 Å². The monoisotopic (exact) mass is 561 g/mol. The van der Waals surface area contributed by atoms with Gasteiger partial charge in [-0.2, -0.15) is 0 Å². The zero-order valence-corrected chi connectivity index (χ0v) is 18.9. The molecule has 2 saturated carbocycles. The molecule has 0 aliphatic heterocycles. The Morgan fingerprint density at radius 1 is 1.31 bits per heavy atom. The van der Waals surface area contributed by atoms with E-state index in [1.165, 1.54) is 0 Å². The van der Waals surface area contributed by atoms with Crippen LogP contribution >= 0.6 is 38.2 Å². The van der Waals surface area contributed by atoms with Gasteiger partial charge < -0.3 is 29.5 Å². The molecule has 0 aromatic carbocycles. The second-order valence-electron chi connectivity index (χ2n) is 7.11. The summed E-state index contributed by atoms with van der Waals surface area (Å²) in [5.41, 5.74) is 0.187. The molecule has 5 N–H and O–H groups in total. The Hall–Kier alpha value is -0.700. The highest BCUT2D eigenvalue weighted by Gasteiger charge is 2.70. The number of imidazole rings is 1. The Morgan fingerprint density at radius 2 is 2.03 bits per heavy atom. The van der Waals surface area contributed by atoms with Crippen molar-refractivity contribution < 1.29 is 37.8 Å². The van der Waals surface area contributed by atoms with E-state index in [1.807, 2.05) is 22.6 Å². The zero-order valence-electron chi connectivity index (χ0n) is 14.9. The van der Waals surface area contributed by atoms with Crippen LogP contribution in [-0.2, 0) is 18.2 Å². The Bertz CT molecular complexity index is 1060. The lowest BCUT2D eigenvalue weighted by atomic mass is 10.0. The number of nitrogens with one attached hydrogen (secondary N) is 1. The number of nitrogens with zero attached hydrogens (tertiary/aromatic N) is 4. The first kappa shape index (κ1) is 21.5. The van der Waals surface area contributed by atoms with Crippen LogP contribution in [0.1, 0.15) is 18.9 Å². The van der Waals surface area contributed by atoms with Crippen molar-refractivity contribution in [3.05, 3.63) is 10.2 Å². The summed E-state index contributed by atoms with van der Waals surface area (Å²) in [7, 11) is -7.85. The van der Waals surface area contributed by atoms with Crippen molar-refractivity contribution >= 4 is 55.2 Å². The second kappa shape index (κ2) is 7.18. The van der Waals surface area contributed by atoms with Gasteiger partial charge in [0.2, 0.25) is 0 Å². The SMILES string of the molecule is CNc1nc(I)nc2c1ncn2C1CC(OP(=O)(O)O)[C@]2(COP(=O)(O)O)CC12. The third-order valence-electron chi connectivity index (χ3n) is 5.49.